The standard InChI is InChI=1S/C21H24N2O2/c1-5-25-20(24)18-14-19(15-8-6-7-9-15)23(22-18)17-12-10-16(11-13-17)21(2,3)4/h6-15H,5H2,1-4H3. The van der Waals surface area contributed by atoms with E-state index < -0.39 is 0 Å². The van der Waals surface area contributed by atoms with Crippen molar-refractivity contribution in [1.29, 1.82) is 0 Å². The van der Waals surface area contributed by atoms with Crippen LogP contribution in [0.25, 0.3) is 5.69 Å². The summed E-state index contributed by atoms with van der Waals surface area (Å²) < 4.78 is 6.94. The summed E-state index contributed by atoms with van der Waals surface area (Å²) in [5.41, 5.74) is 3.59. The molecule has 0 spiro atoms. The highest BCUT2D eigenvalue weighted by molar-refractivity contribution is 5.87. The van der Waals surface area contributed by atoms with Crippen LogP contribution in [-0.4, -0.2) is 22.4 Å². The van der Waals surface area contributed by atoms with E-state index in [1.54, 1.807) is 6.92 Å². The van der Waals surface area contributed by atoms with Gasteiger partial charge in [-0.05, 0) is 36.1 Å². The fourth-order valence-electron chi connectivity index (χ4n) is 2.88. The minimum Gasteiger partial charge on any atom is -0.461 e. The molecule has 25 heavy (non-hydrogen) atoms. The van der Waals surface area contributed by atoms with Crippen molar-refractivity contribution in [3.8, 4) is 5.69 Å². The van der Waals surface area contributed by atoms with Gasteiger partial charge in [0.25, 0.3) is 0 Å². The summed E-state index contributed by atoms with van der Waals surface area (Å²) in [5, 5.41) is 4.51. The Balaban J connectivity index is 2.03. The molecule has 0 bridgehead atoms. The summed E-state index contributed by atoms with van der Waals surface area (Å²) in [7, 11) is 0. The second kappa shape index (κ2) is 6.71. The van der Waals surface area contributed by atoms with Gasteiger partial charge < -0.3 is 4.74 Å². The molecule has 1 heterocycles. The highest BCUT2D eigenvalue weighted by Gasteiger charge is 2.21. The quantitative estimate of drug-likeness (QED) is 0.769. The number of benzene rings is 1. The molecule has 4 heteroatoms. The SMILES string of the molecule is CCOC(=O)c1cc(C2C=CC=C2)n(-c2ccc(C(C)(C)C)cc2)n1. The van der Waals surface area contributed by atoms with Gasteiger partial charge in [0.1, 0.15) is 0 Å². The molecule has 0 atom stereocenters. The van der Waals surface area contributed by atoms with E-state index in [4.69, 9.17) is 4.74 Å². The van der Waals surface area contributed by atoms with Crippen molar-refractivity contribution in [2.45, 2.75) is 39.0 Å². The molecule has 2 aromatic rings. The molecule has 0 amide bonds. The van der Waals surface area contributed by atoms with Crippen molar-refractivity contribution in [2.24, 2.45) is 0 Å². The number of allylic oxidation sites excluding steroid dienone is 4. The first kappa shape index (κ1) is 17.2. The molecule has 0 saturated carbocycles. The minimum atomic E-state index is -0.389. The zero-order valence-electron chi connectivity index (χ0n) is 15.2. The third kappa shape index (κ3) is 3.58. The predicted molar refractivity (Wildman–Crippen MR) is 99.2 cm³/mol. The van der Waals surface area contributed by atoms with Crippen LogP contribution in [0, 0.1) is 0 Å². The Kier molecular flexibility index (Phi) is 4.62. The number of rotatable bonds is 4. The highest BCUT2D eigenvalue weighted by atomic mass is 16.5. The molecule has 3 rings (SSSR count). The maximum absolute atomic E-state index is 12.1. The lowest BCUT2D eigenvalue weighted by atomic mass is 9.87. The van der Waals surface area contributed by atoms with Gasteiger partial charge in [0.2, 0.25) is 0 Å². The maximum atomic E-state index is 12.1. The van der Waals surface area contributed by atoms with Gasteiger partial charge in [-0.1, -0.05) is 57.2 Å². The summed E-state index contributed by atoms with van der Waals surface area (Å²) in [6.45, 7) is 8.70. The van der Waals surface area contributed by atoms with Crippen LogP contribution in [0.15, 0.2) is 54.6 Å². The Morgan fingerprint density at radius 2 is 1.80 bits per heavy atom. The molecule has 0 radical (unpaired) electrons. The number of carbonyl (C=O) groups excluding carboxylic acids is 1. The van der Waals surface area contributed by atoms with Gasteiger partial charge in [0, 0.05) is 5.92 Å². The van der Waals surface area contributed by atoms with Gasteiger partial charge in [0.05, 0.1) is 18.0 Å². The molecule has 0 N–H and O–H groups in total. The lowest BCUT2D eigenvalue weighted by molar-refractivity contribution is 0.0519. The number of hydrogen-bond acceptors (Lipinski definition) is 3. The Morgan fingerprint density at radius 3 is 2.36 bits per heavy atom. The molecule has 130 valence electrons. The van der Waals surface area contributed by atoms with Crippen molar-refractivity contribution < 1.29 is 9.53 Å². The number of carbonyl (C=O) groups is 1. The first-order valence-corrected chi connectivity index (χ1v) is 8.63. The van der Waals surface area contributed by atoms with Gasteiger partial charge in [-0.3, -0.25) is 0 Å². The van der Waals surface area contributed by atoms with Crippen LogP contribution in [0.2, 0.25) is 0 Å². The van der Waals surface area contributed by atoms with E-state index in [1.807, 2.05) is 35.0 Å². The summed E-state index contributed by atoms with van der Waals surface area (Å²) in [5.74, 6) is -0.280. The fourth-order valence-corrected chi connectivity index (χ4v) is 2.88. The Morgan fingerprint density at radius 1 is 1.16 bits per heavy atom. The second-order valence-electron chi connectivity index (χ2n) is 7.18. The molecule has 0 saturated heterocycles. The lowest BCUT2D eigenvalue weighted by Crippen LogP contribution is -2.11. The monoisotopic (exact) mass is 336 g/mol. The Bertz CT molecular complexity index is 809. The molecular weight excluding hydrogens is 312 g/mol. The van der Waals surface area contributed by atoms with Crippen LogP contribution in [0.3, 0.4) is 0 Å². The van der Waals surface area contributed by atoms with Gasteiger partial charge in [-0.25, -0.2) is 9.48 Å². The van der Waals surface area contributed by atoms with E-state index in [2.05, 4.69) is 50.2 Å². The molecule has 1 aromatic carbocycles. The van der Waals surface area contributed by atoms with E-state index in [-0.39, 0.29) is 17.3 Å². The lowest BCUT2D eigenvalue weighted by Gasteiger charge is -2.19. The largest absolute Gasteiger partial charge is 0.461 e. The topological polar surface area (TPSA) is 44.1 Å². The smallest absolute Gasteiger partial charge is 0.358 e. The van der Waals surface area contributed by atoms with Crippen LogP contribution >= 0.6 is 0 Å². The second-order valence-corrected chi connectivity index (χ2v) is 7.18. The van der Waals surface area contributed by atoms with E-state index in [0.717, 1.165) is 11.4 Å². The third-order valence-corrected chi connectivity index (χ3v) is 4.29. The minimum absolute atomic E-state index is 0.0957. The molecular formula is C21H24N2O2. The summed E-state index contributed by atoms with van der Waals surface area (Å²) >= 11 is 0. The summed E-state index contributed by atoms with van der Waals surface area (Å²) in [6, 6.07) is 10.2. The van der Waals surface area contributed by atoms with Crippen LogP contribution in [-0.2, 0) is 10.2 Å². The summed E-state index contributed by atoms with van der Waals surface area (Å²) in [6.07, 6.45) is 8.20. The Labute approximate surface area is 148 Å². The van der Waals surface area contributed by atoms with Crippen LogP contribution < -0.4 is 0 Å². The first-order valence-electron chi connectivity index (χ1n) is 8.63. The average Bonchev–Trinajstić information content (AvgIpc) is 3.24. The molecule has 1 aliphatic carbocycles. The van der Waals surface area contributed by atoms with Crippen molar-refractivity contribution in [2.75, 3.05) is 6.61 Å². The number of hydrogen-bond donors (Lipinski definition) is 0. The number of nitrogens with zero attached hydrogens (tertiary/aromatic N) is 2. The zero-order chi connectivity index (χ0) is 18.0. The van der Waals surface area contributed by atoms with Gasteiger partial charge in [0.15, 0.2) is 5.69 Å². The van der Waals surface area contributed by atoms with Crippen molar-refractivity contribution in [3.63, 3.8) is 0 Å². The predicted octanol–water partition coefficient (Wildman–Crippen LogP) is 4.56. The van der Waals surface area contributed by atoms with E-state index >= 15 is 0 Å². The molecule has 1 aliphatic rings. The first-order chi connectivity index (χ1) is 11.9. The third-order valence-electron chi connectivity index (χ3n) is 4.29. The average molecular weight is 336 g/mol. The number of ether oxygens (including phenoxy) is 1. The maximum Gasteiger partial charge on any atom is 0.358 e. The fraction of sp³-hybridized carbons (Fsp3) is 0.333. The van der Waals surface area contributed by atoms with Gasteiger partial charge in [-0.2, -0.15) is 5.10 Å². The molecule has 0 aliphatic heterocycles. The van der Waals surface area contributed by atoms with E-state index in [9.17, 15) is 4.79 Å². The molecule has 1 aromatic heterocycles. The van der Waals surface area contributed by atoms with Crippen molar-refractivity contribution in [1.82, 2.24) is 9.78 Å². The van der Waals surface area contributed by atoms with Crippen LogP contribution in [0.4, 0.5) is 0 Å². The van der Waals surface area contributed by atoms with Gasteiger partial charge in [-0.15, -0.1) is 0 Å². The molecule has 4 nitrogen and oxygen atoms in total. The number of aromatic nitrogens is 2. The molecule has 0 unspecified atom stereocenters. The zero-order valence-corrected chi connectivity index (χ0v) is 15.2. The number of esters is 1. The highest BCUT2D eigenvalue weighted by Crippen LogP contribution is 2.28. The van der Waals surface area contributed by atoms with E-state index in [1.165, 1.54) is 5.56 Å². The van der Waals surface area contributed by atoms with E-state index in [0.29, 0.717) is 12.3 Å². The summed E-state index contributed by atoms with van der Waals surface area (Å²) in [4.78, 5) is 12.1. The van der Waals surface area contributed by atoms with Crippen molar-refractivity contribution in [3.05, 3.63) is 71.6 Å². The normalized spacial score (nSPS) is 14.2. The van der Waals surface area contributed by atoms with Gasteiger partial charge >= 0.3 is 5.97 Å². The van der Waals surface area contributed by atoms with Crippen molar-refractivity contribution >= 4 is 5.97 Å². The van der Waals surface area contributed by atoms with Crippen LogP contribution in [0.5, 0.6) is 0 Å². The van der Waals surface area contributed by atoms with Crippen LogP contribution in [0.1, 0.15) is 55.4 Å². The Hall–Kier alpha value is -2.62. The molecule has 0 fully saturated rings.